The summed E-state index contributed by atoms with van der Waals surface area (Å²) >= 11 is 0. The zero-order valence-corrected chi connectivity index (χ0v) is 23.5. The van der Waals surface area contributed by atoms with Gasteiger partial charge in [-0.15, -0.1) is 0 Å². The van der Waals surface area contributed by atoms with Gasteiger partial charge in [0.05, 0.1) is 13.2 Å². The van der Waals surface area contributed by atoms with Gasteiger partial charge in [0.15, 0.2) is 9.95 Å². The first-order valence-corrected chi connectivity index (χ1v) is 25.6. The second-order valence-corrected chi connectivity index (χ2v) is 34.3. The Kier molecular flexibility index (Phi) is 13.1. The summed E-state index contributed by atoms with van der Waals surface area (Å²) in [4.78, 5) is 6.56. The van der Waals surface area contributed by atoms with Crippen molar-refractivity contribution in [3.8, 4) is 22.6 Å². The fourth-order valence-corrected chi connectivity index (χ4v) is 2.44. The van der Waals surface area contributed by atoms with Gasteiger partial charge in [0.2, 0.25) is 22.3 Å². The third kappa shape index (κ3) is 11.2. The van der Waals surface area contributed by atoms with E-state index in [1.54, 1.807) is 12.1 Å². The Hall–Kier alpha value is -1.34. The maximum absolute atomic E-state index is 9.15. The summed E-state index contributed by atoms with van der Waals surface area (Å²) in [5.41, 5.74) is 2.58. The molecule has 0 aliphatic rings. The van der Waals surface area contributed by atoms with E-state index in [4.69, 9.17) is 59.0 Å². The van der Waals surface area contributed by atoms with Crippen LogP contribution in [0.4, 0.5) is 11.4 Å². The molecule has 0 fully saturated rings. The van der Waals surface area contributed by atoms with Gasteiger partial charge in [-0.2, -0.15) is 0 Å². The molecule has 0 saturated heterocycles. The zero-order valence-electron chi connectivity index (χ0n) is 17.5. The Morgan fingerprint density at radius 3 is 1.39 bits per heavy atom. The van der Waals surface area contributed by atoms with Crippen molar-refractivity contribution < 1.29 is 20.3 Å². The first kappa shape index (κ1) is 27.7. The Balaban J connectivity index is 0.000000861. The van der Waals surface area contributed by atoms with E-state index in [1.165, 1.54) is 0 Å². The molecule has 0 unspecified atom stereocenters. The third-order valence-electron chi connectivity index (χ3n) is 3.98. The molecule has 0 amide bonds. The molecule has 0 bridgehead atoms. The summed E-state index contributed by atoms with van der Waals surface area (Å²) in [6, 6.07) is 10.8. The number of hydrogen-bond acceptors (Lipinski definition) is 4. The van der Waals surface area contributed by atoms with Crippen LogP contribution in [0.1, 0.15) is 39.5 Å². The molecule has 0 atom stereocenters. The molecule has 0 aliphatic carbocycles. The van der Waals surface area contributed by atoms with Gasteiger partial charge < -0.3 is 9.47 Å². The number of diazo groups is 2. The van der Waals surface area contributed by atoms with Gasteiger partial charge in [-0.3, -0.25) is 0 Å². The van der Waals surface area contributed by atoms with E-state index >= 15 is 0 Å². The molecule has 0 heterocycles. The fourth-order valence-electron chi connectivity index (χ4n) is 2.44. The summed E-state index contributed by atoms with van der Waals surface area (Å²) in [6.45, 7) is 5.31. The molecule has 2 rings (SSSR count). The second kappa shape index (κ2) is 14.7. The van der Waals surface area contributed by atoms with Crippen molar-refractivity contribution in [2.75, 3.05) is 13.2 Å². The van der Waals surface area contributed by atoms with Crippen LogP contribution in [0.3, 0.4) is 0 Å². The van der Waals surface area contributed by atoms with Crippen molar-refractivity contribution in [1.82, 2.24) is 0 Å². The van der Waals surface area contributed by atoms with Crippen LogP contribution >= 0.6 is 38.8 Å². The molecule has 0 radical (unpaired) electrons. The Morgan fingerprint density at radius 1 is 0.742 bits per heavy atom. The van der Waals surface area contributed by atoms with Gasteiger partial charge in [0.1, 0.15) is 0 Å². The average Bonchev–Trinajstić information content (AvgIpc) is 2.73. The van der Waals surface area contributed by atoms with E-state index in [0.29, 0.717) is 36.1 Å². The maximum atomic E-state index is 9.15. The first-order valence-electron chi connectivity index (χ1n) is 10.0. The molecule has 0 saturated carbocycles. The Morgan fingerprint density at radius 2 is 1.10 bits per heavy atom. The first-order chi connectivity index (χ1) is 14.7. The van der Waals surface area contributed by atoms with E-state index in [-0.39, 0.29) is 0 Å². The molecular weight excluding hydrogens is 535 g/mol. The molecule has 6 nitrogen and oxygen atoms in total. The molecule has 2 aromatic carbocycles. The molecule has 0 aliphatic heterocycles. The molecule has 0 aromatic heterocycles. The van der Waals surface area contributed by atoms with E-state index in [0.717, 1.165) is 36.8 Å². The molecule has 0 N–H and O–H groups in total. The average molecular weight is 560 g/mol. The predicted octanol–water partition coefficient (Wildman–Crippen LogP) is 9.44. The fraction of sp³-hybridized carbons (Fsp3) is 0.400. The van der Waals surface area contributed by atoms with E-state index in [2.05, 4.69) is 23.8 Å². The number of benzene rings is 2. The summed E-state index contributed by atoms with van der Waals surface area (Å²) in [5, 5.41) is 18.3. The monoisotopic (exact) mass is 556 g/mol. The van der Waals surface area contributed by atoms with E-state index in [1.807, 2.05) is 24.3 Å². The topological polar surface area (TPSA) is 74.8 Å². The van der Waals surface area contributed by atoms with Crippen LogP contribution in [0.25, 0.3) is 21.1 Å². The van der Waals surface area contributed by atoms with Crippen molar-refractivity contribution in [2.45, 2.75) is 39.5 Å². The van der Waals surface area contributed by atoms with Gasteiger partial charge >= 0.3 is 61.0 Å². The van der Waals surface area contributed by atoms with Gasteiger partial charge in [-0.05, 0) is 48.2 Å². The molecule has 2 aromatic rings. The van der Waals surface area contributed by atoms with Crippen molar-refractivity contribution in [3.05, 3.63) is 46.4 Å². The second-order valence-electron chi connectivity index (χ2n) is 6.58. The SMILES string of the molecule is CCCCOc1cc(-c2ccc([N+]#N)c(OCCCC)c2)ccc1[N+]#N.[Cl][Zn-2]([Cl])([Cl])[Cl]. The summed E-state index contributed by atoms with van der Waals surface area (Å²) < 4.78 is 11.5. The van der Waals surface area contributed by atoms with Crippen molar-refractivity contribution in [3.63, 3.8) is 0 Å². The van der Waals surface area contributed by atoms with Crippen LogP contribution in [0.5, 0.6) is 11.5 Å². The Labute approximate surface area is 202 Å². The third-order valence-corrected chi connectivity index (χ3v) is 3.98. The normalized spacial score (nSPS) is 10.3. The van der Waals surface area contributed by atoms with Crippen molar-refractivity contribution in [1.29, 1.82) is 10.8 Å². The van der Waals surface area contributed by atoms with Crippen molar-refractivity contribution in [2.24, 2.45) is 0 Å². The summed E-state index contributed by atoms with van der Waals surface area (Å²) in [6.07, 6.45) is 3.90. The minimum atomic E-state index is -3.36. The number of halogens is 4. The van der Waals surface area contributed by atoms with Gasteiger partial charge in [-0.1, -0.05) is 26.7 Å². The van der Waals surface area contributed by atoms with Crippen LogP contribution in [-0.4, -0.2) is 13.2 Å². The number of nitrogens with zero attached hydrogens (tertiary/aromatic N) is 4. The van der Waals surface area contributed by atoms with E-state index < -0.39 is 10.8 Å². The predicted molar refractivity (Wildman–Crippen MR) is 126 cm³/mol. The number of unbranched alkanes of at least 4 members (excludes halogenated alkanes) is 2. The quantitative estimate of drug-likeness (QED) is 0.174. The molecule has 0 spiro atoms. The van der Waals surface area contributed by atoms with Crippen LogP contribution in [0.15, 0.2) is 36.4 Å². The van der Waals surface area contributed by atoms with Crippen LogP contribution in [0, 0.1) is 10.8 Å². The Bertz CT molecular complexity index is 851. The minimum absolute atomic E-state index is 0.395. The number of rotatable bonds is 9. The molecule has 11 heteroatoms. The van der Waals surface area contributed by atoms with Gasteiger partial charge in [-0.25, -0.2) is 0 Å². The molecule has 31 heavy (non-hydrogen) atoms. The number of ether oxygens (including phenoxy) is 2. The standard InChI is InChI=1S/C20H24N4O2.4ClH.Zn/c1-3-5-11-25-19-13-15(7-9-17(19)23-21)16-8-10-18(24-22)20(14-16)26-12-6-4-2;;;;;/h7-10,13-14H,3-6,11-12H2,1-2H3;4*1H;/q+2;;;;;+2/p-4. The molecule has 166 valence electrons. The van der Waals surface area contributed by atoms with Crippen LogP contribution in [0.2, 0.25) is 0 Å². The van der Waals surface area contributed by atoms with Gasteiger partial charge in [0.25, 0.3) is 0 Å². The van der Waals surface area contributed by atoms with Crippen LogP contribution in [-0.2, 0) is 10.8 Å². The van der Waals surface area contributed by atoms with Crippen LogP contribution < -0.4 is 9.47 Å². The number of hydrogen-bond donors (Lipinski definition) is 0. The zero-order chi connectivity index (χ0) is 23.3. The van der Waals surface area contributed by atoms with E-state index in [9.17, 15) is 0 Å². The summed E-state index contributed by atoms with van der Waals surface area (Å²) in [7, 11) is 16.8. The summed E-state index contributed by atoms with van der Waals surface area (Å²) in [5.74, 6) is 1.06. The van der Waals surface area contributed by atoms with Gasteiger partial charge in [0, 0.05) is 12.1 Å². The molecular formula is C20H24Cl4N4O2Zn. The van der Waals surface area contributed by atoms with Crippen molar-refractivity contribution >= 4 is 50.1 Å².